The Balaban J connectivity index is 1.63. The van der Waals surface area contributed by atoms with Gasteiger partial charge in [-0.05, 0) is 61.0 Å². The number of fused-ring (bicyclic) bond motifs is 1. The van der Waals surface area contributed by atoms with E-state index >= 15 is 0 Å². The van der Waals surface area contributed by atoms with Gasteiger partial charge in [0, 0.05) is 11.3 Å². The van der Waals surface area contributed by atoms with E-state index < -0.39 is 12.0 Å². The number of aromatic hydroxyl groups is 1. The summed E-state index contributed by atoms with van der Waals surface area (Å²) in [6.45, 7) is 2.02. The van der Waals surface area contributed by atoms with Crippen LogP contribution in [0.3, 0.4) is 0 Å². The van der Waals surface area contributed by atoms with Crippen LogP contribution in [-0.2, 0) is 4.74 Å². The van der Waals surface area contributed by atoms with Crippen molar-refractivity contribution in [2.75, 3.05) is 11.5 Å². The number of hydrogen-bond acceptors (Lipinski definition) is 6. The van der Waals surface area contributed by atoms with E-state index in [0.29, 0.717) is 33.8 Å². The molecule has 160 valence electrons. The summed E-state index contributed by atoms with van der Waals surface area (Å²) in [6, 6.07) is 16.4. The average molecular weight is 429 g/mol. The van der Waals surface area contributed by atoms with Gasteiger partial charge in [-0.2, -0.15) is 5.10 Å². The number of esters is 1. The number of nitrogens with zero attached hydrogens (tertiary/aromatic N) is 2. The summed E-state index contributed by atoms with van der Waals surface area (Å²) >= 11 is 0. The highest BCUT2D eigenvalue weighted by molar-refractivity contribution is 6.11. The van der Waals surface area contributed by atoms with Gasteiger partial charge in [0.05, 0.1) is 24.5 Å². The fourth-order valence-electron chi connectivity index (χ4n) is 4.00. The van der Waals surface area contributed by atoms with E-state index in [1.165, 1.54) is 0 Å². The second-order valence-electron chi connectivity index (χ2n) is 7.28. The number of amides is 1. The minimum atomic E-state index is -0.558. The molecule has 2 aromatic carbocycles. The van der Waals surface area contributed by atoms with Crippen molar-refractivity contribution in [3.63, 3.8) is 0 Å². The van der Waals surface area contributed by atoms with Crippen LogP contribution in [-0.4, -0.2) is 33.8 Å². The van der Waals surface area contributed by atoms with E-state index in [1.54, 1.807) is 72.7 Å². The van der Waals surface area contributed by atoms with Gasteiger partial charge in [0.1, 0.15) is 11.4 Å². The lowest BCUT2D eigenvalue weighted by molar-refractivity contribution is 0.0526. The van der Waals surface area contributed by atoms with E-state index in [-0.39, 0.29) is 24.0 Å². The van der Waals surface area contributed by atoms with Crippen LogP contribution in [0.15, 0.2) is 71.3 Å². The van der Waals surface area contributed by atoms with Crippen molar-refractivity contribution >= 4 is 17.6 Å². The molecular weight excluding hydrogens is 410 g/mol. The molecule has 1 aliphatic heterocycles. The van der Waals surface area contributed by atoms with E-state index in [0.717, 1.165) is 0 Å². The maximum absolute atomic E-state index is 13.4. The number of H-pyrrole nitrogens is 1. The average Bonchev–Trinajstić information content (AvgIpc) is 3.52. The summed E-state index contributed by atoms with van der Waals surface area (Å²) in [5.41, 5.74) is 3.22. The highest BCUT2D eigenvalue weighted by Gasteiger charge is 2.44. The Morgan fingerprint density at radius 3 is 2.69 bits per heavy atom. The Hall–Kier alpha value is -4.33. The summed E-state index contributed by atoms with van der Waals surface area (Å²) in [7, 11) is 0. The second kappa shape index (κ2) is 7.73. The van der Waals surface area contributed by atoms with Crippen molar-refractivity contribution in [2.45, 2.75) is 13.0 Å². The number of nitrogens with one attached hydrogen (secondary N) is 1. The predicted octanol–water partition coefficient (Wildman–Crippen LogP) is 4.30. The predicted molar refractivity (Wildman–Crippen MR) is 115 cm³/mol. The standard InChI is InChI=1S/C24H19N3O5/c1-2-31-24(30)14-8-10-16(11-9-14)27-22(15-5-3-6-17(28)13-15)19-20(18-7-4-12-32-18)25-26-21(19)23(27)29/h3-13,22,28H,2H2,1H3,(H,25,26)/t22-/m1/s1. The van der Waals surface area contributed by atoms with E-state index in [9.17, 15) is 14.7 Å². The molecule has 8 heteroatoms. The molecule has 32 heavy (non-hydrogen) atoms. The van der Waals surface area contributed by atoms with Crippen molar-refractivity contribution in [3.05, 3.63) is 89.3 Å². The van der Waals surface area contributed by atoms with Crippen molar-refractivity contribution < 1.29 is 23.8 Å². The molecule has 2 N–H and O–H groups in total. The Morgan fingerprint density at radius 1 is 1.19 bits per heavy atom. The molecule has 0 bridgehead atoms. The monoisotopic (exact) mass is 429 g/mol. The topological polar surface area (TPSA) is 109 Å². The molecule has 2 aromatic heterocycles. The molecule has 0 unspecified atom stereocenters. The first kappa shape index (κ1) is 19.6. The van der Waals surface area contributed by atoms with Gasteiger partial charge in [-0.3, -0.25) is 14.8 Å². The molecule has 0 saturated heterocycles. The Labute approximate surface area is 183 Å². The maximum Gasteiger partial charge on any atom is 0.338 e. The molecule has 1 aliphatic rings. The van der Waals surface area contributed by atoms with Gasteiger partial charge in [0.2, 0.25) is 0 Å². The van der Waals surface area contributed by atoms with Gasteiger partial charge in [0.15, 0.2) is 11.5 Å². The zero-order chi connectivity index (χ0) is 22.2. The van der Waals surface area contributed by atoms with E-state index in [2.05, 4.69) is 10.2 Å². The lowest BCUT2D eigenvalue weighted by Crippen LogP contribution is -2.29. The summed E-state index contributed by atoms with van der Waals surface area (Å²) in [5.74, 6) is -0.0869. The lowest BCUT2D eigenvalue weighted by atomic mass is 9.97. The van der Waals surface area contributed by atoms with Crippen LogP contribution >= 0.6 is 0 Å². The third-order valence-electron chi connectivity index (χ3n) is 5.37. The molecule has 4 aromatic rings. The van der Waals surface area contributed by atoms with Crippen LogP contribution in [0.2, 0.25) is 0 Å². The zero-order valence-corrected chi connectivity index (χ0v) is 17.1. The number of phenols is 1. The highest BCUT2D eigenvalue weighted by atomic mass is 16.5. The van der Waals surface area contributed by atoms with Gasteiger partial charge in [0.25, 0.3) is 5.91 Å². The van der Waals surface area contributed by atoms with Crippen LogP contribution in [0, 0.1) is 0 Å². The quantitative estimate of drug-likeness (QED) is 0.458. The van der Waals surface area contributed by atoms with Crippen LogP contribution in [0.1, 0.15) is 44.9 Å². The number of aromatic nitrogens is 2. The third kappa shape index (κ3) is 3.13. The SMILES string of the molecule is CCOC(=O)c1ccc(N2C(=O)c3n[nH]c(-c4ccco4)c3[C@H]2c2cccc(O)c2)cc1. The van der Waals surface area contributed by atoms with Crippen molar-refractivity contribution in [1.29, 1.82) is 0 Å². The zero-order valence-electron chi connectivity index (χ0n) is 17.1. The number of hydrogen-bond donors (Lipinski definition) is 2. The Morgan fingerprint density at radius 2 is 2.00 bits per heavy atom. The number of carbonyl (C=O) groups is 2. The maximum atomic E-state index is 13.4. The summed E-state index contributed by atoms with van der Waals surface area (Å²) in [6.07, 6.45) is 1.55. The molecule has 0 spiro atoms. The first-order valence-electron chi connectivity index (χ1n) is 10.1. The number of furan rings is 1. The fraction of sp³-hybridized carbons (Fsp3) is 0.125. The van der Waals surface area contributed by atoms with Gasteiger partial charge in [-0.15, -0.1) is 0 Å². The molecule has 1 amide bonds. The minimum absolute atomic E-state index is 0.0871. The highest BCUT2D eigenvalue weighted by Crippen LogP contribution is 2.45. The summed E-state index contributed by atoms with van der Waals surface area (Å²) in [5, 5.41) is 17.3. The molecule has 5 rings (SSSR count). The van der Waals surface area contributed by atoms with Crippen LogP contribution in [0.4, 0.5) is 5.69 Å². The number of ether oxygens (including phenoxy) is 1. The third-order valence-corrected chi connectivity index (χ3v) is 5.37. The molecule has 0 fully saturated rings. The lowest BCUT2D eigenvalue weighted by Gasteiger charge is -2.26. The number of aromatic amines is 1. The van der Waals surface area contributed by atoms with Gasteiger partial charge >= 0.3 is 5.97 Å². The van der Waals surface area contributed by atoms with E-state index in [4.69, 9.17) is 9.15 Å². The minimum Gasteiger partial charge on any atom is -0.508 e. The molecular formula is C24H19N3O5. The van der Waals surface area contributed by atoms with E-state index in [1.807, 2.05) is 6.07 Å². The van der Waals surface area contributed by atoms with Crippen molar-refractivity contribution in [2.24, 2.45) is 0 Å². The first-order chi connectivity index (χ1) is 15.6. The number of carbonyl (C=O) groups excluding carboxylic acids is 2. The molecule has 0 aliphatic carbocycles. The molecule has 3 heterocycles. The van der Waals surface area contributed by atoms with Crippen LogP contribution in [0.25, 0.3) is 11.5 Å². The summed E-state index contributed by atoms with van der Waals surface area (Å²) < 4.78 is 10.6. The van der Waals surface area contributed by atoms with Gasteiger partial charge < -0.3 is 14.3 Å². The first-order valence-corrected chi connectivity index (χ1v) is 10.1. The van der Waals surface area contributed by atoms with Crippen molar-refractivity contribution in [3.8, 4) is 17.2 Å². The van der Waals surface area contributed by atoms with Gasteiger partial charge in [-0.25, -0.2) is 4.79 Å². The summed E-state index contributed by atoms with van der Waals surface area (Å²) in [4.78, 5) is 27.1. The Bertz CT molecular complexity index is 1290. The van der Waals surface area contributed by atoms with Crippen LogP contribution in [0.5, 0.6) is 5.75 Å². The van der Waals surface area contributed by atoms with Crippen molar-refractivity contribution in [1.82, 2.24) is 10.2 Å². The smallest absolute Gasteiger partial charge is 0.338 e. The number of phenolic OH excluding ortho intramolecular Hbond substituents is 1. The largest absolute Gasteiger partial charge is 0.508 e. The number of rotatable bonds is 5. The fourth-order valence-corrected chi connectivity index (χ4v) is 4.00. The molecule has 1 atom stereocenters. The molecule has 0 saturated carbocycles. The number of benzene rings is 2. The molecule has 8 nitrogen and oxygen atoms in total. The number of anilines is 1. The Kier molecular flexibility index (Phi) is 4.74. The van der Waals surface area contributed by atoms with Crippen LogP contribution < -0.4 is 4.90 Å². The van der Waals surface area contributed by atoms with Gasteiger partial charge in [-0.1, -0.05) is 12.1 Å². The second-order valence-corrected chi connectivity index (χ2v) is 7.28. The molecule has 0 radical (unpaired) electrons. The normalized spacial score (nSPS) is 15.1.